The van der Waals surface area contributed by atoms with Crippen molar-refractivity contribution in [3.8, 4) is 11.5 Å². The van der Waals surface area contributed by atoms with Crippen LogP contribution in [0.5, 0.6) is 11.5 Å². The van der Waals surface area contributed by atoms with E-state index < -0.39 is 0 Å². The van der Waals surface area contributed by atoms with Gasteiger partial charge < -0.3 is 19.1 Å². The Morgan fingerprint density at radius 2 is 2.24 bits per heavy atom. The summed E-state index contributed by atoms with van der Waals surface area (Å²) in [7, 11) is 1.55. The van der Waals surface area contributed by atoms with Crippen LogP contribution in [0.15, 0.2) is 18.2 Å². The van der Waals surface area contributed by atoms with Gasteiger partial charge >= 0.3 is 0 Å². The first kappa shape index (κ1) is 19.6. The van der Waals surface area contributed by atoms with Crippen molar-refractivity contribution >= 4 is 23.6 Å². The maximum atomic E-state index is 12.5. The molecule has 6 heteroatoms. The van der Waals surface area contributed by atoms with E-state index in [4.69, 9.17) is 25.8 Å². The number of carbonyl (C=O) groups is 1. The van der Waals surface area contributed by atoms with Crippen molar-refractivity contribution in [3.05, 3.63) is 28.8 Å². The molecule has 5 nitrogen and oxygen atoms in total. The van der Waals surface area contributed by atoms with Crippen LogP contribution in [0.2, 0.25) is 5.02 Å². The highest BCUT2D eigenvalue weighted by molar-refractivity contribution is 6.32. The zero-order valence-corrected chi connectivity index (χ0v) is 15.8. The van der Waals surface area contributed by atoms with Crippen molar-refractivity contribution in [2.24, 2.45) is 5.92 Å². The monoisotopic (exact) mass is 367 g/mol. The summed E-state index contributed by atoms with van der Waals surface area (Å²) in [6.45, 7) is 7.31. The minimum absolute atomic E-state index is 0.0145. The topological polar surface area (TPSA) is 48.0 Å². The molecule has 1 aliphatic rings. The first-order valence-electron chi connectivity index (χ1n) is 8.64. The zero-order valence-electron chi connectivity index (χ0n) is 15.1. The molecule has 1 saturated heterocycles. The molecule has 1 aliphatic heterocycles. The van der Waals surface area contributed by atoms with E-state index in [-0.39, 0.29) is 5.91 Å². The largest absolute Gasteiger partial charge is 0.491 e. The van der Waals surface area contributed by atoms with Crippen LogP contribution in [0.4, 0.5) is 0 Å². The van der Waals surface area contributed by atoms with Gasteiger partial charge in [-0.1, -0.05) is 11.6 Å². The van der Waals surface area contributed by atoms with Gasteiger partial charge in [0.05, 0.1) is 25.3 Å². The Morgan fingerprint density at radius 3 is 2.84 bits per heavy atom. The summed E-state index contributed by atoms with van der Waals surface area (Å²) in [5, 5.41) is 0.455. The molecule has 1 aromatic carbocycles. The van der Waals surface area contributed by atoms with Gasteiger partial charge in [-0.2, -0.15) is 0 Å². The molecule has 1 aromatic rings. The molecular weight excluding hydrogens is 342 g/mol. The minimum Gasteiger partial charge on any atom is -0.491 e. The Balaban J connectivity index is 2.09. The van der Waals surface area contributed by atoms with E-state index in [1.165, 1.54) is 0 Å². The van der Waals surface area contributed by atoms with Crippen LogP contribution in [0.25, 0.3) is 6.08 Å². The average molecular weight is 368 g/mol. The van der Waals surface area contributed by atoms with Crippen molar-refractivity contribution in [1.82, 2.24) is 4.90 Å². The fourth-order valence-corrected chi connectivity index (χ4v) is 3.13. The van der Waals surface area contributed by atoms with Crippen LogP contribution >= 0.6 is 11.6 Å². The van der Waals surface area contributed by atoms with E-state index in [0.717, 1.165) is 31.7 Å². The molecule has 0 saturated carbocycles. The number of ether oxygens (including phenoxy) is 3. The number of carbonyl (C=O) groups excluding carboxylic acids is 1. The smallest absolute Gasteiger partial charge is 0.246 e. The van der Waals surface area contributed by atoms with Gasteiger partial charge in [-0.3, -0.25) is 4.79 Å². The summed E-state index contributed by atoms with van der Waals surface area (Å²) < 4.78 is 16.2. The molecule has 0 radical (unpaired) electrons. The van der Waals surface area contributed by atoms with Crippen molar-refractivity contribution in [2.75, 3.05) is 40.0 Å². The summed E-state index contributed by atoms with van der Waals surface area (Å²) >= 11 is 6.24. The van der Waals surface area contributed by atoms with Crippen molar-refractivity contribution in [1.29, 1.82) is 0 Å². The number of hydrogen-bond donors (Lipinski definition) is 0. The van der Waals surface area contributed by atoms with Gasteiger partial charge in [0.15, 0.2) is 11.5 Å². The fraction of sp³-hybridized carbons (Fsp3) is 0.526. The van der Waals surface area contributed by atoms with E-state index in [9.17, 15) is 4.79 Å². The molecular formula is C19H26ClNO4. The molecule has 0 N–H and O–H groups in total. The molecule has 0 aromatic heterocycles. The number of amides is 1. The molecule has 1 atom stereocenters. The van der Waals surface area contributed by atoms with Crippen LogP contribution in [0.1, 0.15) is 25.8 Å². The highest BCUT2D eigenvalue weighted by Crippen LogP contribution is 2.36. The quantitative estimate of drug-likeness (QED) is 0.658. The van der Waals surface area contributed by atoms with Crippen LogP contribution in [-0.2, 0) is 9.53 Å². The zero-order chi connectivity index (χ0) is 18.2. The predicted molar refractivity (Wildman–Crippen MR) is 99.4 cm³/mol. The summed E-state index contributed by atoms with van der Waals surface area (Å²) in [6.07, 6.45) is 4.34. The standard InChI is InChI=1S/C19H26ClNO4/c1-4-21(12-15-8-9-24-13-15)18(22)7-6-14-10-16(20)19(23-3)17(11-14)25-5-2/h6-7,10-11,15H,4-5,8-9,12-13H2,1-3H3/b7-6+. The molecule has 0 aliphatic carbocycles. The first-order chi connectivity index (χ1) is 12.1. The van der Waals surface area contributed by atoms with Gasteiger partial charge in [0.2, 0.25) is 5.91 Å². The molecule has 1 unspecified atom stereocenters. The van der Waals surface area contributed by atoms with Gasteiger partial charge in [0.1, 0.15) is 0 Å². The number of methoxy groups -OCH3 is 1. The molecule has 0 spiro atoms. The molecule has 25 heavy (non-hydrogen) atoms. The Bertz CT molecular complexity index is 612. The van der Waals surface area contributed by atoms with E-state index >= 15 is 0 Å². The van der Waals surface area contributed by atoms with E-state index in [1.807, 2.05) is 24.8 Å². The highest BCUT2D eigenvalue weighted by Gasteiger charge is 2.20. The average Bonchev–Trinajstić information content (AvgIpc) is 3.11. The number of hydrogen-bond acceptors (Lipinski definition) is 4. The Hall–Kier alpha value is -1.72. The van der Waals surface area contributed by atoms with Crippen LogP contribution in [-0.4, -0.2) is 50.8 Å². The molecule has 0 bridgehead atoms. The fourth-order valence-electron chi connectivity index (χ4n) is 2.83. The normalized spacial score (nSPS) is 17.0. The van der Waals surface area contributed by atoms with Crippen molar-refractivity contribution in [2.45, 2.75) is 20.3 Å². The van der Waals surface area contributed by atoms with Crippen molar-refractivity contribution in [3.63, 3.8) is 0 Å². The third-order valence-electron chi connectivity index (χ3n) is 4.15. The first-order valence-corrected chi connectivity index (χ1v) is 9.01. The number of nitrogens with zero attached hydrogens (tertiary/aromatic N) is 1. The molecule has 1 fully saturated rings. The van der Waals surface area contributed by atoms with Gasteiger partial charge in [0, 0.05) is 31.7 Å². The summed E-state index contributed by atoms with van der Waals surface area (Å²) in [5.74, 6) is 1.49. The summed E-state index contributed by atoms with van der Waals surface area (Å²) in [5.41, 5.74) is 0.794. The Morgan fingerprint density at radius 1 is 1.44 bits per heavy atom. The van der Waals surface area contributed by atoms with E-state index in [0.29, 0.717) is 35.6 Å². The predicted octanol–water partition coefficient (Wildman–Crippen LogP) is 3.65. The van der Waals surface area contributed by atoms with Gasteiger partial charge in [-0.25, -0.2) is 0 Å². The van der Waals surface area contributed by atoms with Gasteiger partial charge in [-0.05, 0) is 44.0 Å². The van der Waals surface area contributed by atoms with Crippen molar-refractivity contribution < 1.29 is 19.0 Å². The number of rotatable bonds is 8. The lowest BCUT2D eigenvalue weighted by Gasteiger charge is -2.22. The Kier molecular flexibility index (Phi) is 7.59. The second-order valence-corrected chi connectivity index (χ2v) is 6.31. The molecule has 1 heterocycles. The molecule has 1 amide bonds. The number of halogens is 1. The van der Waals surface area contributed by atoms with Crippen LogP contribution in [0, 0.1) is 5.92 Å². The maximum absolute atomic E-state index is 12.5. The lowest BCUT2D eigenvalue weighted by Crippen LogP contribution is -2.34. The Labute approximate surface area is 154 Å². The lowest BCUT2D eigenvalue weighted by molar-refractivity contribution is -0.126. The SMILES string of the molecule is CCOc1cc(/C=C/C(=O)N(CC)CC2CCOC2)cc(Cl)c1OC. The third kappa shape index (κ3) is 5.38. The highest BCUT2D eigenvalue weighted by atomic mass is 35.5. The minimum atomic E-state index is -0.0145. The lowest BCUT2D eigenvalue weighted by atomic mass is 10.1. The summed E-state index contributed by atoms with van der Waals surface area (Å²) in [6, 6.07) is 3.58. The van der Waals surface area contributed by atoms with Gasteiger partial charge in [-0.15, -0.1) is 0 Å². The van der Waals surface area contributed by atoms with E-state index in [2.05, 4.69) is 0 Å². The molecule has 138 valence electrons. The van der Waals surface area contributed by atoms with E-state index in [1.54, 1.807) is 25.3 Å². The number of benzene rings is 1. The van der Waals surface area contributed by atoms with Crippen LogP contribution in [0.3, 0.4) is 0 Å². The van der Waals surface area contributed by atoms with Gasteiger partial charge in [0.25, 0.3) is 0 Å². The second kappa shape index (κ2) is 9.68. The maximum Gasteiger partial charge on any atom is 0.246 e. The third-order valence-corrected chi connectivity index (χ3v) is 4.43. The molecule has 2 rings (SSSR count). The van der Waals surface area contributed by atoms with Crippen LogP contribution < -0.4 is 9.47 Å². The number of likely N-dealkylation sites (N-methyl/N-ethyl adjacent to an activating group) is 1. The second-order valence-electron chi connectivity index (χ2n) is 5.91. The summed E-state index contributed by atoms with van der Waals surface area (Å²) in [4.78, 5) is 14.3.